The Morgan fingerprint density at radius 1 is 1.29 bits per heavy atom. The molecule has 0 bridgehead atoms. The van der Waals surface area contributed by atoms with Crippen LogP contribution in [0.3, 0.4) is 0 Å². The number of para-hydroxylation sites is 1. The number of hydrogen-bond acceptors (Lipinski definition) is 4. The van der Waals surface area contributed by atoms with E-state index in [9.17, 15) is 13.6 Å². The van der Waals surface area contributed by atoms with E-state index in [0.717, 1.165) is 0 Å². The van der Waals surface area contributed by atoms with E-state index in [4.69, 9.17) is 4.74 Å². The van der Waals surface area contributed by atoms with E-state index >= 15 is 0 Å². The molecule has 4 nitrogen and oxygen atoms in total. The van der Waals surface area contributed by atoms with Gasteiger partial charge in [-0.1, -0.05) is 18.2 Å². The lowest BCUT2D eigenvalue weighted by Crippen LogP contribution is -2.36. The van der Waals surface area contributed by atoms with E-state index in [1.54, 1.807) is 25.1 Å². The minimum Gasteiger partial charge on any atom is -0.465 e. The Morgan fingerprint density at radius 3 is 2.52 bits per heavy atom. The molecular weight excluding hydrogens is 280 g/mol. The maximum atomic E-state index is 12.4. The van der Waals surface area contributed by atoms with E-state index in [-0.39, 0.29) is 24.3 Å². The van der Waals surface area contributed by atoms with Crippen LogP contribution in [-0.2, 0) is 16.1 Å². The van der Waals surface area contributed by atoms with Gasteiger partial charge in [0.1, 0.15) is 5.75 Å². The molecule has 1 aromatic rings. The van der Waals surface area contributed by atoms with Crippen molar-refractivity contribution in [2.75, 3.05) is 13.2 Å². The van der Waals surface area contributed by atoms with Gasteiger partial charge in [0.15, 0.2) is 0 Å². The van der Waals surface area contributed by atoms with Crippen molar-refractivity contribution in [2.24, 2.45) is 0 Å². The number of carbonyl (C=O) groups excluding carboxylic acids is 1. The van der Waals surface area contributed by atoms with Crippen LogP contribution in [0.25, 0.3) is 0 Å². The van der Waals surface area contributed by atoms with Gasteiger partial charge in [0.05, 0.1) is 13.2 Å². The van der Waals surface area contributed by atoms with Crippen LogP contribution in [0.1, 0.15) is 26.3 Å². The summed E-state index contributed by atoms with van der Waals surface area (Å²) in [5, 5.41) is 0. The van der Waals surface area contributed by atoms with E-state index in [2.05, 4.69) is 4.74 Å². The molecule has 0 saturated carbocycles. The van der Waals surface area contributed by atoms with E-state index in [0.29, 0.717) is 18.7 Å². The van der Waals surface area contributed by atoms with Crippen LogP contribution in [0, 0.1) is 0 Å². The smallest absolute Gasteiger partial charge is 0.387 e. The zero-order chi connectivity index (χ0) is 15.8. The number of rotatable bonds is 8. The Hall–Kier alpha value is -1.69. The van der Waals surface area contributed by atoms with Gasteiger partial charge in [0.25, 0.3) is 0 Å². The predicted molar refractivity (Wildman–Crippen MR) is 75.3 cm³/mol. The lowest BCUT2D eigenvalue weighted by atomic mass is 10.1. The number of ether oxygens (including phenoxy) is 2. The van der Waals surface area contributed by atoms with Crippen LogP contribution < -0.4 is 4.74 Å². The van der Waals surface area contributed by atoms with Crippen molar-refractivity contribution in [1.29, 1.82) is 0 Å². The number of carbonyl (C=O) groups is 1. The second-order valence-electron chi connectivity index (χ2n) is 4.79. The average molecular weight is 301 g/mol. The van der Waals surface area contributed by atoms with E-state index < -0.39 is 6.61 Å². The molecule has 0 saturated heterocycles. The molecule has 0 atom stereocenters. The van der Waals surface area contributed by atoms with Gasteiger partial charge in [0, 0.05) is 18.2 Å². The first-order valence-electron chi connectivity index (χ1n) is 6.86. The largest absolute Gasteiger partial charge is 0.465 e. The highest BCUT2D eigenvalue weighted by molar-refractivity contribution is 5.71. The minimum absolute atomic E-state index is 0.0639. The highest BCUT2D eigenvalue weighted by Crippen LogP contribution is 2.22. The molecule has 1 rings (SSSR count). The summed E-state index contributed by atoms with van der Waals surface area (Å²) in [6, 6.07) is 6.64. The Kier molecular flexibility index (Phi) is 7.08. The second-order valence-corrected chi connectivity index (χ2v) is 4.79. The molecular formula is C15H21F2NO3. The van der Waals surface area contributed by atoms with Gasteiger partial charge in [-0.2, -0.15) is 8.78 Å². The van der Waals surface area contributed by atoms with Crippen molar-refractivity contribution >= 4 is 5.97 Å². The quantitative estimate of drug-likeness (QED) is 0.692. The first kappa shape index (κ1) is 17.4. The maximum Gasteiger partial charge on any atom is 0.387 e. The van der Waals surface area contributed by atoms with Gasteiger partial charge in [-0.15, -0.1) is 0 Å². The van der Waals surface area contributed by atoms with Crippen LogP contribution in [-0.4, -0.2) is 36.7 Å². The molecule has 0 radical (unpaired) electrons. The molecule has 0 aromatic heterocycles. The Morgan fingerprint density at radius 2 is 1.95 bits per heavy atom. The molecule has 0 fully saturated rings. The first-order valence-corrected chi connectivity index (χ1v) is 6.86. The SMILES string of the molecule is CCOC(=O)CN(Cc1ccccc1OC(F)F)C(C)C. The molecule has 1 aromatic carbocycles. The fourth-order valence-corrected chi connectivity index (χ4v) is 1.86. The minimum atomic E-state index is -2.87. The van der Waals surface area contributed by atoms with Crippen LogP contribution in [0.15, 0.2) is 24.3 Å². The average Bonchev–Trinajstić information content (AvgIpc) is 2.39. The van der Waals surface area contributed by atoms with Crippen molar-refractivity contribution in [1.82, 2.24) is 4.90 Å². The summed E-state index contributed by atoms with van der Waals surface area (Å²) >= 11 is 0. The summed E-state index contributed by atoms with van der Waals surface area (Å²) < 4.78 is 34.2. The first-order chi connectivity index (χ1) is 9.93. The van der Waals surface area contributed by atoms with Crippen LogP contribution >= 0.6 is 0 Å². The van der Waals surface area contributed by atoms with Crippen molar-refractivity contribution in [3.63, 3.8) is 0 Å². The van der Waals surface area contributed by atoms with Gasteiger partial charge in [-0.3, -0.25) is 9.69 Å². The van der Waals surface area contributed by atoms with Gasteiger partial charge in [-0.05, 0) is 26.8 Å². The van der Waals surface area contributed by atoms with E-state index in [1.165, 1.54) is 6.07 Å². The molecule has 0 heterocycles. The lowest BCUT2D eigenvalue weighted by molar-refractivity contribution is -0.145. The number of esters is 1. The summed E-state index contributed by atoms with van der Waals surface area (Å²) in [5.41, 5.74) is 0.607. The summed E-state index contributed by atoms with van der Waals surface area (Å²) in [7, 11) is 0. The van der Waals surface area contributed by atoms with E-state index in [1.807, 2.05) is 18.7 Å². The normalized spacial score (nSPS) is 11.2. The molecule has 0 aliphatic carbocycles. The van der Waals surface area contributed by atoms with Crippen molar-refractivity contribution in [2.45, 2.75) is 40.0 Å². The summed E-state index contributed by atoms with van der Waals surface area (Å²) in [5.74, 6) is -0.208. The lowest BCUT2D eigenvalue weighted by Gasteiger charge is -2.26. The monoisotopic (exact) mass is 301 g/mol. The number of hydrogen-bond donors (Lipinski definition) is 0. The van der Waals surface area contributed by atoms with Crippen LogP contribution in [0.5, 0.6) is 5.75 Å². The summed E-state index contributed by atoms with van der Waals surface area (Å²) in [4.78, 5) is 13.4. The number of nitrogens with zero attached hydrogens (tertiary/aromatic N) is 1. The highest BCUT2D eigenvalue weighted by atomic mass is 19.3. The molecule has 0 aliphatic rings. The Labute approximate surface area is 123 Å². The third-order valence-corrected chi connectivity index (χ3v) is 2.93. The van der Waals surface area contributed by atoms with Gasteiger partial charge < -0.3 is 9.47 Å². The second kappa shape index (κ2) is 8.56. The molecule has 0 spiro atoms. The van der Waals surface area contributed by atoms with Crippen LogP contribution in [0.2, 0.25) is 0 Å². The molecule has 0 amide bonds. The van der Waals surface area contributed by atoms with Gasteiger partial charge in [0.2, 0.25) is 0 Å². The highest BCUT2D eigenvalue weighted by Gasteiger charge is 2.18. The molecule has 0 N–H and O–H groups in total. The van der Waals surface area contributed by atoms with Gasteiger partial charge >= 0.3 is 12.6 Å². The zero-order valence-corrected chi connectivity index (χ0v) is 12.5. The third-order valence-electron chi connectivity index (χ3n) is 2.93. The van der Waals surface area contributed by atoms with Gasteiger partial charge in [-0.25, -0.2) is 0 Å². The third kappa shape index (κ3) is 6.08. The summed E-state index contributed by atoms with van der Waals surface area (Å²) in [6.07, 6.45) is 0. The molecule has 0 unspecified atom stereocenters. The van der Waals surface area contributed by atoms with Crippen molar-refractivity contribution < 1.29 is 23.0 Å². The maximum absolute atomic E-state index is 12.4. The Balaban J connectivity index is 2.81. The Bertz CT molecular complexity index is 452. The topological polar surface area (TPSA) is 38.8 Å². The van der Waals surface area contributed by atoms with Crippen LogP contribution in [0.4, 0.5) is 8.78 Å². The number of alkyl halides is 2. The fourth-order valence-electron chi connectivity index (χ4n) is 1.86. The number of halogens is 2. The van der Waals surface area contributed by atoms with Crippen molar-refractivity contribution in [3.8, 4) is 5.75 Å². The predicted octanol–water partition coefficient (Wildman–Crippen LogP) is 3.06. The molecule has 6 heteroatoms. The number of benzene rings is 1. The standard InChI is InChI=1S/C15H21F2NO3/c1-4-20-14(19)10-18(11(2)3)9-12-7-5-6-8-13(12)21-15(16)17/h5-8,11,15H,4,9-10H2,1-3H3. The summed E-state index contributed by atoms with van der Waals surface area (Å²) in [6.45, 7) is 3.47. The molecule has 0 aliphatic heterocycles. The van der Waals surface area contributed by atoms with Crippen molar-refractivity contribution in [3.05, 3.63) is 29.8 Å². The molecule has 21 heavy (non-hydrogen) atoms. The zero-order valence-electron chi connectivity index (χ0n) is 12.5. The fraction of sp³-hybridized carbons (Fsp3) is 0.533. The molecule has 118 valence electrons.